The monoisotopic (exact) mass is 412 g/mol. The van der Waals surface area contributed by atoms with Gasteiger partial charge in [0.15, 0.2) is 0 Å². The molecule has 1 rings (SSSR count). The minimum atomic E-state index is -0.639. The number of benzene rings is 1. The van der Waals surface area contributed by atoms with E-state index < -0.39 is 15.4 Å². The summed E-state index contributed by atoms with van der Waals surface area (Å²) < 4.78 is 4.79. The van der Waals surface area contributed by atoms with Crippen molar-refractivity contribution in [1.82, 2.24) is 0 Å². The van der Waals surface area contributed by atoms with Gasteiger partial charge >= 0.3 is 40.7 Å². The predicted octanol–water partition coefficient (Wildman–Crippen LogP) is 3.24. The Balaban J connectivity index is 0.000000500. The van der Waals surface area contributed by atoms with Crippen molar-refractivity contribution in [2.75, 3.05) is 6.61 Å². The molecule has 0 aliphatic rings. The van der Waals surface area contributed by atoms with Crippen LogP contribution in [0.25, 0.3) is 0 Å². The molecular formula is C9H10Cl2O2Os. The third-order valence-electron chi connectivity index (χ3n) is 1.28. The Morgan fingerprint density at radius 2 is 1.86 bits per heavy atom. The van der Waals surface area contributed by atoms with Crippen LogP contribution < -0.4 is 0 Å². The van der Waals surface area contributed by atoms with Gasteiger partial charge in [-0.2, -0.15) is 0 Å². The van der Waals surface area contributed by atoms with Crippen LogP contribution in [0.4, 0.5) is 0 Å². The second kappa shape index (κ2) is 9.46. The Morgan fingerprint density at radius 3 is 2.29 bits per heavy atom. The molecule has 0 heterocycles. The first-order valence-corrected chi connectivity index (χ1v) is 10.1. The SMILES string of the molecule is CCOC(=O)c1ccccc1.[Cl][Os][Cl]. The maximum atomic E-state index is 11.0. The molecule has 2 nitrogen and oxygen atoms in total. The van der Waals surface area contributed by atoms with Crippen LogP contribution in [-0.2, 0) is 20.1 Å². The summed E-state index contributed by atoms with van der Waals surface area (Å²) in [4.78, 5) is 11.0. The van der Waals surface area contributed by atoms with Gasteiger partial charge < -0.3 is 4.74 Å². The molecule has 0 amide bonds. The Hall–Kier alpha value is -0.0936. The number of ether oxygens (including phenoxy) is 1. The molecule has 0 radical (unpaired) electrons. The van der Waals surface area contributed by atoms with Gasteiger partial charge in [0.1, 0.15) is 0 Å². The summed E-state index contributed by atoms with van der Waals surface area (Å²) in [5.74, 6) is -0.256. The number of hydrogen-bond donors (Lipinski definition) is 0. The Kier molecular flexibility index (Phi) is 9.40. The summed E-state index contributed by atoms with van der Waals surface area (Å²) in [5.41, 5.74) is 0.606. The summed E-state index contributed by atoms with van der Waals surface area (Å²) in [6, 6.07) is 8.96. The quantitative estimate of drug-likeness (QED) is 0.699. The fourth-order valence-electron chi connectivity index (χ4n) is 0.789. The van der Waals surface area contributed by atoms with Crippen molar-refractivity contribution in [3.05, 3.63) is 35.9 Å². The number of esters is 1. The molecule has 0 aromatic heterocycles. The fraction of sp³-hybridized carbons (Fsp3) is 0.222. The van der Waals surface area contributed by atoms with Crippen molar-refractivity contribution in [2.45, 2.75) is 6.92 Å². The van der Waals surface area contributed by atoms with Gasteiger partial charge in [0.05, 0.1) is 12.2 Å². The first kappa shape index (κ1) is 13.9. The molecule has 0 saturated carbocycles. The van der Waals surface area contributed by atoms with Crippen LogP contribution in [0.5, 0.6) is 0 Å². The zero-order valence-electron chi connectivity index (χ0n) is 7.52. The standard InChI is InChI=1S/C9H10O2.2ClH.Os/c1-2-11-9(10)8-6-4-3-5-7-8;;;/h3-7H,2H2,1H3;2*1H;/q;;;+2/p-2. The van der Waals surface area contributed by atoms with E-state index >= 15 is 0 Å². The molecule has 1 aromatic carbocycles. The topological polar surface area (TPSA) is 26.3 Å². The first-order chi connectivity index (χ1) is 6.76. The van der Waals surface area contributed by atoms with E-state index in [1.807, 2.05) is 18.2 Å². The fourth-order valence-corrected chi connectivity index (χ4v) is 0.789. The average Bonchev–Trinajstić information content (AvgIpc) is 2.21. The van der Waals surface area contributed by atoms with Crippen molar-refractivity contribution < 1.29 is 24.9 Å². The molecule has 0 unspecified atom stereocenters. The zero-order valence-corrected chi connectivity index (χ0v) is 11.6. The number of carbonyl (C=O) groups excluding carboxylic acids is 1. The Labute approximate surface area is 99.4 Å². The van der Waals surface area contributed by atoms with E-state index in [2.05, 4.69) is 0 Å². The van der Waals surface area contributed by atoms with Crippen LogP contribution in [-0.4, -0.2) is 12.6 Å². The molecule has 5 heteroatoms. The molecule has 0 aliphatic heterocycles. The second-order valence-electron chi connectivity index (χ2n) is 2.14. The summed E-state index contributed by atoms with van der Waals surface area (Å²) in [6.07, 6.45) is 0. The second-order valence-corrected chi connectivity index (χ2v) is 5.81. The van der Waals surface area contributed by atoms with Gasteiger partial charge in [-0.25, -0.2) is 4.79 Å². The summed E-state index contributed by atoms with van der Waals surface area (Å²) in [7, 11) is 9.81. The van der Waals surface area contributed by atoms with Crippen molar-refractivity contribution in [3.8, 4) is 0 Å². The van der Waals surface area contributed by atoms with E-state index in [1.165, 1.54) is 0 Å². The third-order valence-corrected chi connectivity index (χ3v) is 1.28. The van der Waals surface area contributed by atoms with Crippen LogP contribution in [0.1, 0.15) is 17.3 Å². The van der Waals surface area contributed by atoms with E-state index in [0.717, 1.165) is 0 Å². The van der Waals surface area contributed by atoms with Gasteiger partial charge in [0.25, 0.3) is 0 Å². The Bertz CT molecular complexity index is 254. The van der Waals surface area contributed by atoms with Gasteiger partial charge in [-0.3, -0.25) is 0 Å². The molecule has 0 spiro atoms. The van der Waals surface area contributed by atoms with Crippen molar-refractivity contribution in [1.29, 1.82) is 0 Å². The van der Waals surface area contributed by atoms with Crippen LogP contribution >= 0.6 is 19.3 Å². The number of halogens is 2. The van der Waals surface area contributed by atoms with Gasteiger partial charge in [0.2, 0.25) is 0 Å². The molecule has 0 aliphatic carbocycles. The molecule has 0 bridgehead atoms. The number of hydrogen-bond acceptors (Lipinski definition) is 2. The van der Waals surface area contributed by atoms with Crippen LogP contribution in [0.15, 0.2) is 30.3 Å². The Morgan fingerprint density at radius 1 is 1.36 bits per heavy atom. The maximum absolute atomic E-state index is 11.0. The number of carbonyl (C=O) groups is 1. The third kappa shape index (κ3) is 6.37. The van der Waals surface area contributed by atoms with E-state index in [-0.39, 0.29) is 5.97 Å². The molecule has 14 heavy (non-hydrogen) atoms. The summed E-state index contributed by atoms with van der Waals surface area (Å²) >= 11 is -0.639. The van der Waals surface area contributed by atoms with Crippen molar-refractivity contribution in [3.63, 3.8) is 0 Å². The van der Waals surface area contributed by atoms with Crippen LogP contribution in [0, 0.1) is 0 Å². The van der Waals surface area contributed by atoms with Crippen LogP contribution in [0.3, 0.4) is 0 Å². The van der Waals surface area contributed by atoms with Crippen LogP contribution in [0.2, 0.25) is 0 Å². The molecule has 0 atom stereocenters. The molecule has 0 saturated heterocycles. The predicted molar refractivity (Wildman–Crippen MR) is 54.1 cm³/mol. The number of rotatable bonds is 2. The van der Waals surface area contributed by atoms with E-state index in [0.29, 0.717) is 12.2 Å². The van der Waals surface area contributed by atoms with Gasteiger partial charge in [-0.1, -0.05) is 18.2 Å². The molecule has 80 valence electrons. The van der Waals surface area contributed by atoms with E-state index in [9.17, 15) is 4.79 Å². The summed E-state index contributed by atoms with van der Waals surface area (Å²) in [6.45, 7) is 2.22. The molecule has 0 N–H and O–H groups in total. The van der Waals surface area contributed by atoms with Gasteiger partial charge in [-0.15, -0.1) is 0 Å². The average molecular weight is 411 g/mol. The van der Waals surface area contributed by atoms with Crippen molar-refractivity contribution in [2.24, 2.45) is 0 Å². The molecule has 1 aromatic rings. The van der Waals surface area contributed by atoms with E-state index in [4.69, 9.17) is 24.0 Å². The van der Waals surface area contributed by atoms with Gasteiger partial charge in [-0.05, 0) is 19.1 Å². The van der Waals surface area contributed by atoms with Crippen molar-refractivity contribution >= 4 is 25.2 Å². The zero-order chi connectivity index (χ0) is 10.8. The first-order valence-electron chi connectivity index (χ1n) is 3.83. The van der Waals surface area contributed by atoms with E-state index in [1.54, 1.807) is 19.1 Å². The molecular weight excluding hydrogens is 401 g/mol. The van der Waals surface area contributed by atoms with Gasteiger partial charge in [0, 0.05) is 0 Å². The summed E-state index contributed by atoms with van der Waals surface area (Å²) in [5, 5.41) is 0. The normalized spacial score (nSPS) is 8.79. The minimum absolute atomic E-state index is 0.256. The molecule has 0 fully saturated rings.